The smallest absolute Gasteiger partial charge is 0.326 e. The Kier molecular flexibility index (Phi) is 5.33. The van der Waals surface area contributed by atoms with E-state index in [1.54, 1.807) is 24.3 Å². The van der Waals surface area contributed by atoms with E-state index < -0.39 is 11.9 Å². The van der Waals surface area contributed by atoms with Crippen molar-refractivity contribution in [1.29, 1.82) is 0 Å². The average molecular weight is 402 g/mol. The van der Waals surface area contributed by atoms with Crippen molar-refractivity contribution >= 4 is 28.4 Å². The molecule has 0 fully saturated rings. The number of imide groups is 1. The molecule has 0 aliphatic rings. The zero-order valence-electron chi connectivity index (χ0n) is 16.1. The molecule has 30 heavy (non-hydrogen) atoms. The van der Waals surface area contributed by atoms with Gasteiger partial charge in [-0.25, -0.2) is 4.79 Å². The van der Waals surface area contributed by atoms with E-state index in [0.29, 0.717) is 17.3 Å². The second kappa shape index (κ2) is 8.39. The minimum absolute atomic E-state index is 0.253. The van der Waals surface area contributed by atoms with E-state index in [0.717, 1.165) is 21.1 Å². The molecule has 9 heteroatoms. The third-order valence-electron chi connectivity index (χ3n) is 4.38. The molecular weight excluding hydrogens is 384 g/mol. The first kappa shape index (κ1) is 19.1. The number of hydrogen-bond acceptors (Lipinski definition) is 6. The number of ether oxygens (including phenoxy) is 1. The van der Waals surface area contributed by atoms with E-state index in [4.69, 9.17) is 4.74 Å². The largest absolute Gasteiger partial charge is 0.495 e. The van der Waals surface area contributed by atoms with Gasteiger partial charge in [-0.2, -0.15) is 4.80 Å². The highest BCUT2D eigenvalue weighted by atomic mass is 16.5. The van der Waals surface area contributed by atoms with Crippen molar-refractivity contribution in [1.82, 2.24) is 25.5 Å². The van der Waals surface area contributed by atoms with Crippen LogP contribution in [0, 0.1) is 0 Å². The molecule has 0 bridgehead atoms. The number of hydrogen-bond donors (Lipinski definition) is 2. The van der Waals surface area contributed by atoms with Crippen LogP contribution in [-0.2, 0) is 11.3 Å². The number of fused-ring (bicyclic) bond motifs is 1. The van der Waals surface area contributed by atoms with Crippen LogP contribution < -0.4 is 15.4 Å². The highest BCUT2D eigenvalue weighted by molar-refractivity contribution is 6.01. The second-order valence-corrected chi connectivity index (χ2v) is 6.37. The summed E-state index contributed by atoms with van der Waals surface area (Å²) >= 11 is 0. The molecule has 0 radical (unpaired) electrons. The molecule has 0 unspecified atom stereocenters. The lowest BCUT2D eigenvalue weighted by atomic mass is 10.0. The average Bonchev–Trinajstić information content (AvgIpc) is 3.21. The third-order valence-corrected chi connectivity index (χ3v) is 4.38. The topological polar surface area (TPSA) is 111 Å². The lowest BCUT2D eigenvalue weighted by Gasteiger charge is -2.10. The van der Waals surface area contributed by atoms with Crippen LogP contribution >= 0.6 is 0 Å². The molecule has 1 aromatic heterocycles. The SMILES string of the molecule is COc1ccccc1NC(=O)NC(=O)Cn1nnc(-c2cccc3ccccc23)n1. The Morgan fingerprint density at radius 2 is 1.77 bits per heavy atom. The van der Waals surface area contributed by atoms with Gasteiger partial charge in [-0.15, -0.1) is 10.2 Å². The summed E-state index contributed by atoms with van der Waals surface area (Å²) in [4.78, 5) is 25.4. The van der Waals surface area contributed by atoms with Gasteiger partial charge in [-0.3, -0.25) is 10.1 Å². The first-order valence-electron chi connectivity index (χ1n) is 9.14. The number of anilines is 1. The predicted octanol–water partition coefficient (Wildman–Crippen LogP) is 2.85. The fourth-order valence-corrected chi connectivity index (χ4v) is 3.03. The standard InChI is InChI=1S/C21H18N6O3/c1-30-18-12-5-4-11-17(18)22-21(29)23-19(28)13-27-25-20(24-26-27)16-10-6-8-14-7-2-3-9-15(14)16/h2-12H,13H2,1H3,(H2,22,23,28,29). The van der Waals surface area contributed by atoms with Crippen LogP contribution in [0.4, 0.5) is 10.5 Å². The summed E-state index contributed by atoms with van der Waals surface area (Å²) in [5.41, 5.74) is 1.26. The molecule has 3 aromatic carbocycles. The van der Waals surface area contributed by atoms with E-state index in [9.17, 15) is 9.59 Å². The van der Waals surface area contributed by atoms with Crippen molar-refractivity contribution in [3.63, 3.8) is 0 Å². The lowest BCUT2D eigenvalue weighted by Crippen LogP contribution is -2.37. The maximum atomic E-state index is 12.2. The van der Waals surface area contributed by atoms with Gasteiger partial charge >= 0.3 is 6.03 Å². The number of benzene rings is 3. The Hall–Kier alpha value is -4.27. The van der Waals surface area contributed by atoms with Crippen LogP contribution in [0.2, 0.25) is 0 Å². The van der Waals surface area contributed by atoms with Gasteiger partial charge in [0.25, 0.3) is 5.91 Å². The highest BCUT2D eigenvalue weighted by Crippen LogP contribution is 2.25. The number of nitrogens with one attached hydrogen (secondary N) is 2. The zero-order chi connectivity index (χ0) is 20.9. The van der Waals surface area contributed by atoms with Crippen molar-refractivity contribution in [3.05, 3.63) is 66.7 Å². The summed E-state index contributed by atoms with van der Waals surface area (Å²) in [6, 6.07) is 19.9. The molecule has 150 valence electrons. The molecule has 0 spiro atoms. The van der Waals surface area contributed by atoms with Crippen molar-refractivity contribution in [2.24, 2.45) is 0 Å². The van der Waals surface area contributed by atoms with Crippen LogP contribution in [-0.4, -0.2) is 39.3 Å². The van der Waals surface area contributed by atoms with Crippen molar-refractivity contribution in [2.75, 3.05) is 12.4 Å². The molecule has 0 aliphatic heterocycles. The molecule has 4 rings (SSSR count). The molecule has 0 aliphatic carbocycles. The minimum Gasteiger partial charge on any atom is -0.495 e. The van der Waals surface area contributed by atoms with Crippen molar-refractivity contribution in [3.8, 4) is 17.1 Å². The first-order valence-corrected chi connectivity index (χ1v) is 9.14. The summed E-state index contributed by atoms with van der Waals surface area (Å²) in [5, 5.41) is 19.1. The fraction of sp³-hybridized carbons (Fsp3) is 0.0952. The summed E-state index contributed by atoms with van der Waals surface area (Å²) in [6.07, 6.45) is 0. The maximum absolute atomic E-state index is 12.2. The Bertz CT molecular complexity index is 1210. The number of methoxy groups -OCH3 is 1. The van der Waals surface area contributed by atoms with Gasteiger partial charge in [-0.1, -0.05) is 54.6 Å². The summed E-state index contributed by atoms with van der Waals surface area (Å²) in [7, 11) is 1.49. The number of nitrogens with zero attached hydrogens (tertiary/aromatic N) is 4. The van der Waals surface area contributed by atoms with Gasteiger partial charge in [0.05, 0.1) is 12.8 Å². The molecule has 1 heterocycles. The van der Waals surface area contributed by atoms with Crippen LogP contribution in [0.15, 0.2) is 66.7 Å². The number of carbonyl (C=O) groups is 2. The quantitative estimate of drug-likeness (QED) is 0.531. The number of urea groups is 1. The van der Waals surface area contributed by atoms with E-state index in [2.05, 4.69) is 26.0 Å². The van der Waals surface area contributed by atoms with Crippen LogP contribution in [0.25, 0.3) is 22.2 Å². The number of tetrazole rings is 1. The van der Waals surface area contributed by atoms with Gasteiger partial charge in [0.15, 0.2) is 0 Å². The normalized spacial score (nSPS) is 10.6. The van der Waals surface area contributed by atoms with Crippen molar-refractivity contribution in [2.45, 2.75) is 6.54 Å². The van der Waals surface area contributed by atoms with Crippen LogP contribution in [0.1, 0.15) is 0 Å². The number of carbonyl (C=O) groups excluding carboxylic acids is 2. The minimum atomic E-state index is -0.682. The Labute approximate surface area is 171 Å². The Morgan fingerprint density at radius 3 is 2.63 bits per heavy atom. The summed E-state index contributed by atoms with van der Waals surface area (Å²) in [6.45, 7) is -0.253. The van der Waals surface area contributed by atoms with Gasteiger partial charge in [0, 0.05) is 5.56 Å². The predicted molar refractivity (Wildman–Crippen MR) is 111 cm³/mol. The maximum Gasteiger partial charge on any atom is 0.326 e. The molecule has 0 saturated carbocycles. The molecule has 0 saturated heterocycles. The number of para-hydroxylation sites is 2. The molecule has 4 aromatic rings. The van der Waals surface area contributed by atoms with E-state index in [1.807, 2.05) is 42.5 Å². The molecule has 0 atom stereocenters. The number of aromatic nitrogens is 4. The summed E-state index contributed by atoms with van der Waals surface area (Å²) in [5.74, 6) is 0.306. The van der Waals surface area contributed by atoms with Crippen LogP contribution in [0.5, 0.6) is 5.75 Å². The van der Waals surface area contributed by atoms with Gasteiger partial charge in [0.1, 0.15) is 12.3 Å². The zero-order valence-corrected chi connectivity index (χ0v) is 16.1. The van der Waals surface area contributed by atoms with Gasteiger partial charge in [0.2, 0.25) is 5.82 Å². The number of rotatable bonds is 5. The van der Waals surface area contributed by atoms with Crippen LogP contribution in [0.3, 0.4) is 0 Å². The summed E-state index contributed by atoms with van der Waals surface area (Å²) < 4.78 is 5.16. The van der Waals surface area contributed by atoms with Gasteiger partial charge in [-0.05, 0) is 28.1 Å². The van der Waals surface area contributed by atoms with Crippen molar-refractivity contribution < 1.29 is 14.3 Å². The molecular formula is C21H18N6O3. The monoisotopic (exact) mass is 402 g/mol. The van der Waals surface area contributed by atoms with E-state index in [1.165, 1.54) is 7.11 Å². The fourth-order valence-electron chi connectivity index (χ4n) is 3.03. The number of amides is 3. The van der Waals surface area contributed by atoms with E-state index >= 15 is 0 Å². The molecule has 3 amide bonds. The van der Waals surface area contributed by atoms with Gasteiger partial charge < -0.3 is 10.1 Å². The van der Waals surface area contributed by atoms with E-state index in [-0.39, 0.29) is 6.54 Å². The lowest BCUT2D eigenvalue weighted by molar-refractivity contribution is -0.120. The highest BCUT2D eigenvalue weighted by Gasteiger charge is 2.14. The Morgan fingerprint density at radius 1 is 1.00 bits per heavy atom. The second-order valence-electron chi connectivity index (χ2n) is 6.37. The molecule has 2 N–H and O–H groups in total. The Balaban J connectivity index is 1.42. The third kappa shape index (κ3) is 4.09. The molecule has 9 nitrogen and oxygen atoms in total. The first-order chi connectivity index (χ1) is 14.6.